The van der Waals surface area contributed by atoms with Crippen molar-refractivity contribution in [3.05, 3.63) is 65.4 Å². The van der Waals surface area contributed by atoms with E-state index in [4.69, 9.17) is 0 Å². The third-order valence-corrected chi connectivity index (χ3v) is 4.01. The molecule has 3 heteroatoms. The van der Waals surface area contributed by atoms with Crippen molar-refractivity contribution in [3.8, 4) is 0 Å². The maximum absolute atomic E-state index is 12.5. The number of hydrogen-bond acceptors (Lipinski definition) is 1. The first kappa shape index (κ1) is 14.4. The van der Waals surface area contributed by atoms with Gasteiger partial charge in [0, 0.05) is 34.9 Å². The van der Waals surface area contributed by atoms with Gasteiger partial charge in [-0.1, -0.05) is 17.7 Å². The normalized spacial score (nSPS) is 10.9. The van der Waals surface area contributed by atoms with Crippen LogP contribution in [-0.4, -0.2) is 10.5 Å². The largest absolute Gasteiger partial charge is 0.348 e. The summed E-state index contributed by atoms with van der Waals surface area (Å²) in [5.74, 6) is -0.0597. The van der Waals surface area contributed by atoms with E-state index < -0.39 is 0 Å². The number of benzene rings is 2. The molecule has 0 saturated heterocycles. The van der Waals surface area contributed by atoms with Crippen molar-refractivity contribution in [1.82, 2.24) is 4.57 Å². The predicted octanol–water partition coefficient (Wildman–Crippen LogP) is 4.53. The number of fused-ring (bicyclic) bond motifs is 1. The second kappa shape index (κ2) is 5.68. The predicted molar refractivity (Wildman–Crippen MR) is 91.5 cm³/mol. The molecular formula is C19H20N2O. The van der Waals surface area contributed by atoms with Crippen LogP contribution >= 0.6 is 0 Å². The molecule has 0 aliphatic rings. The van der Waals surface area contributed by atoms with Crippen molar-refractivity contribution in [1.29, 1.82) is 0 Å². The highest BCUT2D eigenvalue weighted by molar-refractivity contribution is 6.06. The van der Waals surface area contributed by atoms with Crippen molar-refractivity contribution in [2.24, 2.45) is 0 Å². The number of rotatable bonds is 3. The van der Waals surface area contributed by atoms with Crippen molar-refractivity contribution in [2.75, 3.05) is 5.32 Å². The van der Waals surface area contributed by atoms with Crippen molar-refractivity contribution < 1.29 is 4.79 Å². The van der Waals surface area contributed by atoms with E-state index in [1.165, 1.54) is 5.52 Å². The molecular weight excluding hydrogens is 272 g/mol. The van der Waals surface area contributed by atoms with E-state index in [9.17, 15) is 4.79 Å². The number of anilines is 1. The summed E-state index contributed by atoms with van der Waals surface area (Å²) in [5, 5.41) is 4.14. The van der Waals surface area contributed by atoms with Crippen LogP contribution in [0.25, 0.3) is 10.9 Å². The fourth-order valence-corrected chi connectivity index (χ4v) is 2.73. The zero-order chi connectivity index (χ0) is 15.7. The van der Waals surface area contributed by atoms with E-state index in [1.54, 1.807) is 0 Å². The van der Waals surface area contributed by atoms with Gasteiger partial charge in [-0.2, -0.15) is 0 Å². The Morgan fingerprint density at radius 3 is 2.68 bits per heavy atom. The van der Waals surface area contributed by atoms with Gasteiger partial charge in [0.25, 0.3) is 5.91 Å². The van der Waals surface area contributed by atoms with Crippen LogP contribution in [0.4, 0.5) is 5.69 Å². The fourth-order valence-electron chi connectivity index (χ4n) is 2.73. The van der Waals surface area contributed by atoms with Crippen LogP contribution in [-0.2, 0) is 6.54 Å². The van der Waals surface area contributed by atoms with E-state index in [2.05, 4.69) is 35.1 Å². The third-order valence-electron chi connectivity index (χ3n) is 4.01. The van der Waals surface area contributed by atoms with Gasteiger partial charge in [0.05, 0.1) is 0 Å². The molecule has 0 saturated carbocycles. The van der Waals surface area contributed by atoms with Crippen molar-refractivity contribution in [3.63, 3.8) is 0 Å². The molecule has 1 aromatic heterocycles. The molecule has 1 heterocycles. The second-order valence-electron chi connectivity index (χ2n) is 5.65. The second-order valence-corrected chi connectivity index (χ2v) is 5.65. The van der Waals surface area contributed by atoms with Crippen LogP contribution in [0, 0.1) is 13.8 Å². The Balaban J connectivity index is 1.89. The summed E-state index contributed by atoms with van der Waals surface area (Å²) in [5.41, 5.74) is 4.82. The van der Waals surface area contributed by atoms with Gasteiger partial charge in [-0.25, -0.2) is 0 Å². The molecule has 1 amide bonds. The summed E-state index contributed by atoms with van der Waals surface area (Å²) in [6.45, 7) is 7.02. The molecule has 0 fully saturated rings. The highest BCUT2D eigenvalue weighted by Crippen LogP contribution is 2.21. The highest BCUT2D eigenvalue weighted by atomic mass is 16.1. The summed E-state index contributed by atoms with van der Waals surface area (Å²) >= 11 is 0. The van der Waals surface area contributed by atoms with Crippen LogP contribution in [0.15, 0.2) is 48.7 Å². The zero-order valence-corrected chi connectivity index (χ0v) is 13.2. The van der Waals surface area contributed by atoms with Gasteiger partial charge in [-0.05, 0) is 56.7 Å². The monoisotopic (exact) mass is 292 g/mol. The number of carbonyl (C=O) groups excluding carboxylic acids is 1. The topological polar surface area (TPSA) is 34.0 Å². The van der Waals surface area contributed by atoms with E-state index >= 15 is 0 Å². The molecule has 22 heavy (non-hydrogen) atoms. The molecule has 2 aromatic carbocycles. The molecule has 112 valence electrons. The first-order valence-electron chi connectivity index (χ1n) is 7.56. The average Bonchev–Trinajstić information content (AvgIpc) is 2.91. The average molecular weight is 292 g/mol. The lowest BCUT2D eigenvalue weighted by Gasteiger charge is -2.09. The summed E-state index contributed by atoms with van der Waals surface area (Å²) < 4.78 is 2.19. The Morgan fingerprint density at radius 1 is 1.09 bits per heavy atom. The molecule has 0 aliphatic carbocycles. The van der Waals surface area contributed by atoms with Gasteiger partial charge < -0.3 is 9.88 Å². The van der Waals surface area contributed by atoms with Gasteiger partial charge in [-0.3, -0.25) is 4.79 Å². The lowest BCUT2D eigenvalue weighted by molar-refractivity contribution is 0.102. The summed E-state index contributed by atoms with van der Waals surface area (Å²) in [6, 6.07) is 14.0. The standard InChI is InChI=1S/C19H20N2O/c1-4-21-10-9-15-12-16(7-8-18(15)21)20-19(22)17-11-13(2)5-6-14(17)3/h5-12H,4H2,1-3H3,(H,20,22). The number of amides is 1. The number of aryl methyl sites for hydroxylation is 3. The Kier molecular flexibility index (Phi) is 3.72. The van der Waals surface area contributed by atoms with Gasteiger partial charge in [0.15, 0.2) is 0 Å². The molecule has 3 rings (SSSR count). The van der Waals surface area contributed by atoms with Crippen LogP contribution in [0.1, 0.15) is 28.4 Å². The van der Waals surface area contributed by atoms with E-state index in [0.717, 1.165) is 34.3 Å². The molecule has 0 atom stereocenters. The third kappa shape index (κ3) is 2.62. The van der Waals surface area contributed by atoms with E-state index in [0.29, 0.717) is 0 Å². The minimum Gasteiger partial charge on any atom is -0.348 e. The lowest BCUT2D eigenvalue weighted by Crippen LogP contribution is -2.13. The van der Waals surface area contributed by atoms with Crippen LogP contribution in [0.3, 0.4) is 0 Å². The van der Waals surface area contributed by atoms with Gasteiger partial charge in [-0.15, -0.1) is 0 Å². The Bertz CT molecular complexity index is 846. The highest BCUT2D eigenvalue weighted by Gasteiger charge is 2.10. The smallest absolute Gasteiger partial charge is 0.255 e. The number of nitrogens with zero attached hydrogens (tertiary/aromatic N) is 1. The number of hydrogen-bond donors (Lipinski definition) is 1. The molecule has 0 bridgehead atoms. The minimum absolute atomic E-state index is 0.0597. The summed E-state index contributed by atoms with van der Waals surface area (Å²) in [6.07, 6.45) is 2.07. The SMILES string of the molecule is CCn1ccc2cc(NC(=O)c3cc(C)ccc3C)ccc21. The Morgan fingerprint density at radius 2 is 1.91 bits per heavy atom. The van der Waals surface area contributed by atoms with Gasteiger partial charge in [0.2, 0.25) is 0 Å². The van der Waals surface area contributed by atoms with Crippen molar-refractivity contribution in [2.45, 2.75) is 27.3 Å². The molecule has 1 N–H and O–H groups in total. The molecule has 0 radical (unpaired) electrons. The molecule has 0 aliphatic heterocycles. The van der Waals surface area contributed by atoms with Gasteiger partial charge >= 0.3 is 0 Å². The van der Waals surface area contributed by atoms with E-state index in [1.807, 2.05) is 44.2 Å². The van der Waals surface area contributed by atoms with Gasteiger partial charge in [0.1, 0.15) is 0 Å². The maximum Gasteiger partial charge on any atom is 0.255 e. The molecule has 0 unspecified atom stereocenters. The lowest BCUT2D eigenvalue weighted by atomic mass is 10.0. The quantitative estimate of drug-likeness (QED) is 0.756. The number of carbonyl (C=O) groups is 1. The molecule has 3 nitrogen and oxygen atoms in total. The maximum atomic E-state index is 12.5. The first-order chi connectivity index (χ1) is 10.6. The van der Waals surface area contributed by atoms with Crippen LogP contribution in [0.2, 0.25) is 0 Å². The Hall–Kier alpha value is -2.55. The number of aromatic nitrogens is 1. The zero-order valence-electron chi connectivity index (χ0n) is 13.2. The summed E-state index contributed by atoms with van der Waals surface area (Å²) in [4.78, 5) is 12.5. The van der Waals surface area contributed by atoms with Crippen molar-refractivity contribution >= 4 is 22.5 Å². The molecule has 0 spiro atoms. The number of nitrogens with one attached hydrogen (secondary N) is 1. The van der Waals surface area contributed by atoms with Crippen LogP contribution < -0.4 is 5.32 Å². The first-order valence-corrected chi connectivity index (χ1v) is 7.56. The van der Waals surface area contributed by atoms with E-state index in [-0.39, 0.29) is 5.91 Å². The van der Waals surface area contributed by atoms with Crippen LogP contribution in [0.5, 0.6) is 0 Å². The molecule has 3 aromatic rings. The Labute approximate surface area is 130 Å². The fraction of sp³-hybridized carbons (Fsp3) is 0.211. The summed E-state index contributed by atoms with van der Waals surface area (Å²) in [7, 11) is 0. The minimum atomic E-state index is -0.0597.